The molecule has 1 aliphatic carbocycles. The number of rotatable bonds is 5. The van der Waals surface area contributed by atoms with Gasteiger partial charge in [-0.2, -0.15) is 0 Å². The first-order valence-corrected chi connectivity index (χ1v) is 7.90. The lowest BCUT2D eigenvalue weighted by Crippen LogP contribution is -2.56. The molecule has 2 fully saturated rings. The lowest BCUT2D eigenvalue weighted by Gasteiger charge is -2.44. The van der Waals surface area contributed by atoms with Crippen molar-refractivity contribution >= 4 is 0 Å². The molecule has 1 saturated heterocycles. The van der Waals surface area contributed by atoms with Gasteiger partial charge in [-0.05, 0) is 38.1 Å². The molecule has 3 nitrogen and oxygen atoms in total. The second-order valence-electron chi connectivity index (χ2n) is 5.86. The van der Waals surface area contributed by atoms with Crippen LogP contribution in [0.25, 0.3) is 0 Å². The van der Waals surface area contributed by atoms with E-state index < -0.39 is 0 Å². The minimum atomic E-state index is 0.714. The van der Waals surface area contributed by atoms with Gasteiger partial charge in [-0.3, -0.25) is 4.90 Å². The molecule has 3 unspecified atom stereocenters. The van der Waals surface area contributed by atoms with Crippen molar-refractivity contribution in [3.8, 4) is 0 Å². The standard InChI is InChI=1S/C15H30N2O/c1-3-7-16-14-6-5-13(4-2)12-15(14)17-8-10-18-11-9-17/h13-16H,3-12H2,1-2H3. The summed E-state index contributed by atoms with van der Waals surface area (Å²) >= 11 is 0. The fourth-order valence-corrected chi connectivity index (χ4v) is 3.48. The van der Waals surface area contributed by atoms with Gasteiger partial charge in [-0.1, -0.05) is 20.3 Å². The Bertz CT molecular complexity index is 229. The molecule has 2 rings (SSSR count). The second-order valence-corrected chi connectivity index (χ2v) is 5.86. The maximum Gasteiger partial charge on any atom is 0.0594 e. The molecule has 0 aromatic rings. The number of morpholine rings is 1. The van der Waals surface area contributed by atoms with E-state index in [1.54, 1.807) is 0 Å². The predicted octanol–water partition coefficient (Wildman–Crippen LogP) is 2.27. The van der Waals surface area contributed by atoms with Gasteiger partial charge in [0.05, 0.1) is 13.2 Å². The summed E-state index contributed by atoms with van der Waals surface area (Å²) < 4.78 is 5.50. The highest BCUT2D eigenvalue weighted by atomic mass is 16.5. The van der Waals surface area contributed by atoms with Gasteiger partial charge >= 0.3 is 0 Å². The first-order chi connectivity index (χ1) is 8.85. The van der Waals surface area contributed by atoms with Crippen molar-refractivity contribution in [2.45, 2.75) is 58.0 Å². The Balaban J connectivity index is 1.93. The zero-order valence-corrected chi connectivity index (χ0v) is 12.2. The SMILES string of the molecule is CCCNC1CCC(CC)CC1N1CCOCC1. The Morgan fingerprint density at radius 2 is 1.94 bits per heavy atom. The molecule has 18 heavy (non-hydrogen) atoms. The number of nitrogens with one attached hydrogen (secondary N) is 1. The maximum atomic E-state index is 5.50. The average molecular weight is 254 g/mol. The van der Waals surface area contributed by atoms with Crippen molar-refractivity contribution in [3.05, 3.63) is 0 Å². The molecule has 2 aliphatic rings. The largest absolute Gasteiger partial charge is 0.379 e. The summed E-state index contributed by atoms with van der Waals surface area (Å²) in [6, 6.07) is 1.46. The van der Waals surface area contributed by atoms with Gasteiger partial charge in [0.15, 0.2) is 0 Å². The van der Waals surface area contributed by atoms with Gasteiger partial charge in [0, 0.05) is 25.2 Å². The summed E-state index contributed by atoms with van der Waals surface area (Å²) in [4.78, 5) is 2.68. The van der Waals surface area contributed by atoms with Gasteiger partial charge in [0.25, 0.3) is 0 Å². The zero-order chi connectivity index (χ0) is 12.8. The number of nitrogens with zero attached hydrogens (tertiary/aromatic N) is 1. The Labute approximate surface area is 112 Å². The minimum Gasteiger partial charge on any atom is -0.379 e. The highest BCUT2D eigenvalue weighted by molar-refractivity contribution is 4.91. The Hall–Kier alpha value is -0.120. The van der Waals surface area contributed by atoms with Crippen LogP contribution in [0, 0.1) is 5.92 Å². The summed E-state index contributed by atoms with van der Waals surface area (Å²) in [6.45, 7) is 9.88. The van der Waals surface area contributed by atoms with Crippen LogP contribution in [0.4, 0.5) is 0 Å². The maximum absolute atomic E-state index is 5.50. The van der Waals surface area contributed by atoms with Crippen LogP contribution < -0.4 is 5.32 Å². The van der Waals surface area contributed by atoms with Crippen LogP contribution in [0.15, 0.2) is 0 Å². The van der Waals surface area contributed by atoms with E-state index in [0.717, 1.165) is 38.3 Å². The quantitative estimate of drug-likeness (QED) is 0.814. The van der Waals surface area contributed by atoms with E-state index in [0.29, 0.717) is 6.04 Å². The van der Waals surface area contributed by atoms with Crippen molar-refractivity contribution in [1.82, 2.24) is 10.2 Å². The molecule has 3 heteroatoms. The van der Waals surface area contributed by atoms with Crippen LogP contribution in [-0.2, 0) is 4.74 Å². The lowest BCUT2D eigenvalue weighted by atomic mass is 9.80. The summed E-state index contributed by atoms with van der Waals surface area (Å²) in [7, 11) is 0. The summed E-state index contributed by atoms with van der Waals surface area (Å²) in [5, 5.41) is 3.78. The molecule has 0 bridgehead atoms. The second kappa shape index (κ2) is 7.46. The zero-order valence-electron chi connectivity index (χ0n) is 12.2. The molecule has 0 radical (unpaired) electrons. The lowest BCUT2D eigenvalue weighted by molar-refractivity contribution is -0.00719. The molecule has 1 heterocycles. The normalized spacial score (nSPS) is 34.7. The molecule has 3 atom stereocenters. The summed E-state index contributed by atoms with van der Waals surface area (Å²) in [5.74, 6) is 0.942. The van der Waals surface area contributed by atoms with E-state index in [9.17, 15) is 0 Å². The van der Waals surface area contributed by atoms with Crippen LogP contribution in [0.2, 0.25) is 0 Å². The third-order valence-electron chi connectivity index (χ3n) is 4.67. The van der Waals surface area contributed by atoms with Crippen molar-refractivity contribution in [1.29, 1.82) is 0 Å². The third kappa shape index (κ3) is 3.69. The summed E-state index contributed by atoms with van der Waals surface area (Å²) in [6.07, 6.45) is 6.75. The number of ether oxygens (including phenoxy) is 1. The molecular weight excluding hydrogens is 224 g/mol. The Morgan fingerprint density at radius 3 is 2.61 bits per heavy atom. The number of hydrogen-bond acceptors (Lipinski definition) is 3. The molecule has 0 spiro atoms. The topological polar surface area (TPSA) is 24.5 Å². The van der Waals surface area contributed by atoms with Crippen LogP contribution in [0.5, 0.6) is 0 Å². The highest BCUT2D eigenvalue weighted by Crippen LogP contribution is 2.30. The average Bonchev–Trinajstić information content (AvgIpc) is 2.46. The van der Waals surface area contributed by atoms with Crippen LogP contribution >= 0.6 is 0 Å². The summed E-state index contributed by atoms with van der Waals surface area (Å²) in [5.41, 5.74) is 0. The van der Waals surface area contributed by atoms with Crippen molar-refractivity contribution < 1.29 is 4.74 Å². The minimum absolute atomic E-state index is 0.714. The Kier molecular flexibility index (Phi) is 5.93. The molecule has 0 aromatic carbocycles. The number of hydrogen-bond donors (Lipinski definition) is 1. The smallest absolute Gasteiger partial charge is 0.0594 e. The molecule has 1 saturated carbocycles. The Morgan fingerprint density at radius 1 is 1.17 bits per heavy atom. The van der Waals surface area contributed by atoms with Crippen molar-refractivity contribution in [3.63, 3.8) is 0 Å². The third-order valence-corrected chi connectivity index (χ3v) is 4.67. The molecule has 0 aromatic heterocycles. The molecule has 106 valence electrons. The van der Waals surface area contributed by atoms with Crippen LogP contribution in [0.1, 0.15) is 46.0 Å². The monoisotopic (exact) mass is 254 g/mol. The van der Waals surface area contributed by atoms with Crippen molar-refractivity contribution in [2.24, 2.45) is 5.92 Å². The molecular formula is C15H30N2O. The van der Waals surface area contributed by atoms with E-state index in [1.807, 2.05) is 0 Å². The molecule has 1 N–H and O–H groups in total. The van der Waals surface area contributed by atoms with E-state index in [2.05, 4.69) is 24.1 Å². The highest BCUT2D eigenvalue weighted by Gasteiger charge is 2.33. The van der Waals surface area contributed by atoms with Crippen LogP contribution in [0.3, 0.4) is 0 Å². The molecule has 0 amide bonds. The van der Waals surface area contributed by atoms with Crippen LogP contribution in [-0.4, -0.2) is 49.8 Å². The van der Waals surface area contributed by atoms with Gasteiger partial charge in [-0.25, -0.2) is 0 Å². The first-order valence-electron chi connectivity index (χ1n) is 7.90. The van der Waals surface area contributed by atoms with E-state index >= 15 is 0 Å². The van der Waals surface area contributed by atoms with E-state index in [1.165, 1.54) is 38.6 Å². The van der Waals surface area contributed by atoms with E-state index in [-0.39, 0.29) is 0 Å². The van der Waals surface area contributed by atoms with Gasteiger partial charge < -0.3 is 10.1 Å². The van der Waals surface area contributed by atoms with Gasteiger partial charge in [0.1, 0.15) is 0 Å². The fourth-order valence-electron chi connectivity index (χ4n) is 3.48. The van der Waals surface area contributed by atoms with Gasteiger partial charge in [-0.15, -0.1) is 0 Å². The van der Waals surface area contributed by atoms with Gasteiger partial charge in [0.2, 0.25) is 0 Å². The molecule has 1 aliphatic heterocycles. The fraction of sp³-hybridized carbons (Fsp3) is 1.00. The first kappa shape index (κ1) is 14.3. The predicted molar refractivity (Wildman–Crippen MR) is 75.9 cm³/mol. The van der Waals surface area contributed by atoms with Crippen molar-refractivity contribution in [2.75, 3.05) is 32.8 Å². The van der Waals surface area contributed by atoms with E-state index in [4.69, 9.17) is 4.74 Å².